The predicted octanol–water partition coefficient (Wildman–Crippen LogP) is 2.81. The fourth-order valence-electron chi connectivity index (χ4n) is 1.67. The van der Waals surface area contributed by atoms with Crippen LogP contribution in [0.15, 0.2) is 36.5 Å². The fraction of sp³-hybridized carbons (Fsp3) is 0.200. The van der Waals surface area contributed by atoms with E-state index in [2.05, 4.69) is 4.98 Å². The highest BCUT2D eigenvalue weighted by Crippen LogP contribution is 2.27. The topological polar surface area (TPSA) is 75.4 Å². The third-order valence-electron chi connectivity index (χ3n) is 2.71. The fourth-order valence-corrected chi connectivity index (χ4v) is 1.67. The van der Waals surface area contributed by atoms with Crippen molar-refractivity contribution < 1.29 is 14.6 Å². The van der Waals surface area contributed by atoms with E-state index in [0.717, 1.165) is 0 Å². The highest BCUT2D eigenvalue weighted by atomic mass is 16.5. The molecule has 0 saturated heterocycles. The summed E-state index contributed by atoms with van der Waals surface area (Å²) in [4.78, 5) is 4.07. The van der Waals surface area contributed by atoms with Gasteiger partial charge >= 0.3 is 0 Å². The minimum Gasteiger partial charge on any atom is -0.497 e. The lowest BCUT2D eigenvalue weighted by Crippen LogP contribution is -1.95. The van der Waals surface area contributed by atoms with Crippen LogP contribution in [0, 0.1) is 11.3 Å². The van der Waals surface area contributed by atoms with Gasteiger partial charge in [-0.2, -0.15) is 5.26 Å². The van der Waals surface area contributed by atoms with Crippen LogP contribution in [0.5, 0.6) is 17.4 Å². The summed E-state index contributed by atoms with van der Waals surface area (Å²) in [5.41, 5.74) is 1.14. The molecular formula is C15H14N2O3. The van der Waals surface area contributed by atoms with Crippen molar-refractivity contribution in [3.63, 3.8) is 0 Å². The smallest absolute Gasteiger partial charge is 0.219 e. The summed E-state index contributed by atoms with van der Waals surface area (Å²) in [7, 11) is 1.52. The number of nitriles is 1. The zero-order valence-electron chi connectivity index (χ0n) is 11.2. The van der Waals surface area contributed by atoms with Gasteiger partial charge in [-0.1, -0.05) is 0 Å². The predicted molar refractivity (Wildman–Crippen MR) is 72.7 cm³/mol. The van der Waals surface area contributed by atoms with Gasteiger partial charge in [0, 0.05) is 18.3 Å². The molecule has 1 N–H and O–H groups in total. The number of methoxy groups -OCH3 is 1. The summed E-state index contributed by atoms with van der Waals surface area (Å²) >= 11 is 0. The third kappa shape index (κ3) is 3.25. The molecule has 2 aromatic rings. The van der Waals surface area contributed by atoms with Crippen LogP contribution in [-0.2, 0) is 0 Å². The molecule has 0 radical (unpaired) electrons. The first-order valence-electron chi connectivity index (χ1n) is 6.03. The molecule has 0 bridgehead atoms. The molecule has 1 atom stereocenters. The molecule has 0 aliphatic carbocycles. The normalized spacial score (nSPS) is 11.5. The zero-order valence-corrected chi connectivity index (χ0v) is 11.2. The van der Waals surface area contributed by atoms with E-state index in [-0.39, 0.29) is 0 Å². The lowest BCUT2D eigenvalue weighted by atomic mass is 10.2. The maximum absolute atomic E-state index is 9.53. The van der Waals surface area contributed by atoms with Crippen LogP contribution in [0.2, 0.25) is 0 Å². The van der Waals surface area contributed by atoms with Crippen molar-refractivity contribution in [3.05, 3.63) is 47.7 Å². The van der Waals surface area contributed by atoms with Crippen molar-refractivity contribution in [3.8, 4) is 23.4 Å². The Labute approximate surface area is 117 Å². The van der Waals surface area contributed by atoms with E-state index in [0.29, 0.717) is 28.5 Å². The molecule has 102 valence electrons. The molecule has 0 unspecified atom stereocenters. The van der Waals surface area contributed by atoms with Gasteiger partial charge in [-0.05, 0) is 30.7 Å². The molecular weight excluding hydrogens is 256 g/mol. The summed E-state index contributed by atoms with van der Waals surface area (Å²) < 4.78 is 10.7. The minimum atomic E-state index is -0.597. The van der Waals surface area contributed by atoms with Crippen LogP contribution < -0.4 is 9.47 Å². The standard InChI is InChI=1S/C15H14N2O3/c1-10(18)12-3-4-17-15(7-12)20-14-6-11(9-16)5-13(8-14)19-2/h3-8,10,18H,1-2H3/t10-/m1/s1. The molecule has 0 fully saturated rings. The number of ether oxygens (including phenoxy) is 2. The maximum Gasteiger partial charge on any atom is 0.219 e. The Hall–Kier alpha value is -2.58. The minimum absolute atomic E-state index is 0.348. The largest absolute Gasteiger partial charge is 0.497 e. The Balaban J connectivity index is 2.30. The summed E-state index contributed by atoms with van der Waals surface area (Å²) in [6.07, 6.45) is 0.961. The maximum atomic E-state index is 9.53. The molecule has 5 heteroatoms. The van der Waals surface area contributed by atoms with Gasteiger partial charge in [-0.3, -0.25) is 0 Å². The van der Waals surface area contributed by atoms with Gasteiger partial charge in [0.25, 0.3) is 0 Å². The van der Waals surface area contributed by atoms with E-state index in [1.807, 2.05) is 6.07 Å². The van der Waals surface area contributed by atoms with Crippen LogP contribution in [0.4, 0.5) is 0 Å². The Kier molecular flexibility index (Phi) is 4.18. The van der Waals surface area contributed by atoms with Crippen molar-refractivity contribution in [1.29, 1.82) is 5.26 Å². The first-order valence-corrected chi connectivity index (χ1v) is 6.03. The number of rotatable bonds is 4. The number of pyridine rings is 1. The lowest BCUT2D eigenvalue weighted by Gasteiger charge is -2.09. The number of hydrogen-bond donors (Lipinski definition) is 1. The van der Waals surface area contributed by atoms with Gasteiger partial charge in [-0.15, -0.1) is 0 Å². The summed E-state index contributed by atoms with van der Waals surface area (Å²) in [5.74, 6) is 1.34. The summed E-state index contributed by atoms with van der Waals surface area (Å²) in [6.45, 7) is 1.67. The lowest BCUT2D eigenvalue weighted by molar-refractivity contribution is 0.198. The van der Waals surface area contributed by atoms with Gasteiger partial charge in [0.05, 0.1) is 24.8 Å². The van der Waals surface area contributed by atoms with E-state index in [4.69, 9.17) is 14.7 Å². The Morgan fingerprint density at radius 3 is 2.65 bits per heavy atom. The zero-order chi connectivity index (χ0) is 14.5. The van der Waals surface area contributed by atoms with E-state index in [1.165, 1.54) is 7.11 Å². The highest BCUT2D eigenvalue weighted by Gasteiger charge is 2.07. The summed E-state index contributed by atoms with van der Waals surface area (Å²) in [6, 6.07) is 10.3. The molecule has 0 aliphatic heterocycles. The highest BCUT2D eigenvalue weighted by molar-refractivity contribution is 5.45. The van der Waals surface area contributed by atoms with Crippen molar-refractivity contribution in [2.24, 2.45) is 0 Å². The molecule has 0 aliphatic rings. The Bertz CT molecular complexity index is 648. The monoisotopic (exact) mass is 270 g/mol. The molecule has 5 nitrogen and oxygen atoms in total. The van der Waals surface area contributed by atoms with E-state index >= 15 is 0 Å². The van der Waals surface area contributed by atoms with Crippen LogP contribution >= 0.6 is 0 Å². The van der Waals surface area contributed by atoms with Crippen molar-refractivity contribution in [2.45, 2.75) is 13.0 Å². The summed E-state index contributed by atoms with van der Waals surface area (Å²) in [5, 5.41) is 18.5. The molecule has 1 aromatic carbocycles. The van der Waals surface area contributed by atoms with Crippen LogP contribution in [0.3, 0.4) is 0 Å². The van der Waals surface area contributed by atoms with Gasteiger partial charge < -0.3 is 14.6 Å². The van der Waals surface area contributed by atoms with Crippen molar-refractivity contribution in [1.82, 2.24) is 4.98 Å². The Morgan fingerprint density at radius 1 is 1.25 bits per heavy atom. The molecule has 0 saturated carbocycles. The number of benzene rings is 1. The van der Waals surface area contributed by atoms with Gasteiger partial charge in [0.2, 0.25) is 5.88 Å². The first kappa shape index (κ1) is 13.8. The molecule has 0 amide bonds. The molecule has 2 rings (SSSR count). The molecule has 1 aromatic heterocycles. The second-order valence-corrected chi connectivity index (χ2v) is 4.21. The van der Waals surface area contributed by atoms with Gasteiger partial charge in [0.15, 0.2) is 0 Å². The first-order chi connectivity index (χ1) is 9.62. The van der Waals surface area contributed by atoms with Crippen molar-refractivity contribution >= 4 is 0 Å². The number of nitrogens with zero attached hydrogens (tertiary/aromatic N) is 2. The average molecular weight is 270 g/mol. The second-order valence-electron chi connectivity index (χ2n) is 4.21. The second kappa shape index (κ2) is 6.04. The van der Waals surface area contributed by atoms with E-state index < -0.39 is 6.10 Å². The molecule has 0 spiro atoms. The van der Waals surface area contributed by atoms with Crippen molar-refractivity contribution in [2.75, 3.05) is 7.11 Å². The van der Waals surface area contributed by atoms with Gasteiger partial charge in [-0.25, -0.2) is 4.98 Å². The number of aliphatic hydroxyl groups excluding tert-OH is 1. The van der Waals surface area contributed by atoms with Crippen LogP contribution in [-0.4, -0.2) is 17.2 Å². The van der Waals surface area contributed by atoms with Crippen LogP contribution in [0.1, 0.15) is 24.2 Å². The third-order valence-corrected chi connectivity index (χ3v) is 2.71. The number of aromatic nitrogens is 1. The number of aliphatic hydroxyl groups is 1. The SMILES string of the molecule is COc1cc(C#N)cc(Oc2cc([C@@H](C)O)ccn2)c1. The van der Waals surface area contributed by atoms with Crippen LogP contribution in [0.25, 0.3) is 0 Å². The van der Waals surface area contributed by atoms with Gasteiger partial charge in [0.1, 0.15) is 11.5 Å². The molecule has 1 heterocycles. The Morgan fingerprint density at radius 2 is 2.00 bits per heavy atom. The van der Waals surface area contributed by atoms with E-state index in [9.17, 15) is 5.11 Å². The number of hydrogen-bond acceptors (Lipinski definition) is 5. The average Bonchev–Trinajstić information content (AvgIpc) is 2.47. The molecule has 20 heavy (non-hydrogen) atoms. The van der Waals surface area contributed by atoms with E-state index in [1.54, 1.807) is 43.5 Å². The quantitative estimate of drug-likeness (QED) is 0.924.